The molecule has 24 heavy (non-hydrogen) atoms. The summed E-state index contributed by atoms with van der Waals surface area (Å²) in [5.41, 5.74) is 0. The Bertz CT molecular complexity index is 638. The van der Waals surface area contributed by atoms with Gasteiger partial charge in [-0.2, -0.15) is 13.2 Å². The van der Waals surface area contributed by atoms with Crippen molar-refractivity contribution in [3.8, 4) is 5.75 Å². The number of alkyl halides is 3. The fourth-order valence-corrected chi connectivity index (χ4v) is 2.25. The van der Waals surface area contributed by atoms with Gasteiger partial charge in [-0.1, -0.05) is 50.2 Å². The largest absolute Gasteiger partial charge is 0.490 e. The minimum Gasteiger partial charge on any atom is -0.490 e. The Balaban J connectivity index is 2.02. The minimum atomic E-state index is -4.35. The van der Waals surface area contributed by atoms with Gasteiger partial charge in [0.2, 0.25) is 0 Å². The summed E-state index contributed by atoms with van der Waals surface area (Å²) in [6, 6.07) is 13.5. The highest BCUT2D eigenvalue weighted by Gasteiger charge is 2.29. The zero-order valence-corrected chi connectivity index (χ0v) is 13.8. The highest BCUT2D eigenvalue weighted by Crippen LogP contribution is 2.25. The number of halogens is 3. The van der Waals surface area contributed by atoms with Crippen LogP contribution in [0.1, 0.15) is 13.8 Å². The van der Waals surface area contributed by atoms with E-state index < -0.39 is 18.9 Å². The number of benzene rings is 2. The monoisotopic (exact) mass is 341 g/mol. The summed E-state index contributed by atoms with van der Waals surface area (Å²) in [7, 11) is 0. The molecule has 1 unspecified atom stereocenters. The number of ether oxygens (including phenoxy) is 2. The maximum Gasteiger partial charge on any atom is 0.411 e. The number of hydrogen-bond acceptors (Lipinski definition) is 3. The molecule has 0 aliphatic heterocycles. The van der Waals surface area contributed by atoms with Gasteiger partial charge in [-0.15, -0.1) is 0 Å². The second kappa shape index (κ2) is 8.35. The van der Waals surface area contributed by atoms with Crippen molar-refractivity contribution in [1.82, 2.24) is 5.32 Å². The van der Waals surface area contributed by atoms with Crippen molar-refractivity contribution in [2.45, 2.75) is 32.2 Å². The molecule has 0 amide bonds. The van der Waals surface area contributed by atoms with Gasteiger partial charge in [0.1, 0.15) is 25.1 Å². The standard InChI is InChI=1S/C18H22F3NO2/c1-13(2)22-10-15(24-12-18(19,20)21)11-23-17-9-5-7-14-6-3-4-8-16(14)17/h3-9,13,15,22H,10-12H2,1-2H3. The summed E-state index contributed by atoms with van der Waals surface area (Å²) in [6.45, 7) is 2.90. The molecule has 1 atom stereocenters. The van der Waals surface area contributed by atoms with E-state index in [2.05, 4.69) is 5.32 Å². The van der Waals surface area contributed by atoms with Crippen molar-refractivity contribution in [2.75, 3.05) is 19.8 Å². The Labute approximate surface area is 139 Å². The summed E-state index contributed by atoms with van der Waals surface area (Å²) in [4.78, 5) is 0. The molecule has 0 saturated heterocycles. The topological polar surface area (TPSA) is 30.5 Å². The molecular formula is C18H22F3NO2. The SMILES string of the molecule is CC(C)NCC(COc1cccc2ccccc12)OCC(F)(F)F. The van der Waals surface area contributed by atoms with E-state index in [1.807, 2.05) is 50.2 Å². The molecule has 0 heterocycles. The molecule has 1 N–H and O–H groups in total. The van der Waals surface area contributed by atoms with Crippen LogP contribution >= 0.6 is 0 Å². The molecule has 0 aliphatic rings. The van der Waals surface area contributed by atoms with Crippen molar-refractivity contribution in [3.05, 3.63) is 42.5 Å². The van der Waals surface area contributed by atoms with Crippen LogP contribution in [-0.2, 0) is 4.74 Å². The summed E-state index contributed by atoms with van der Waals surface area (Å²) in [6.07, 6.45) is -5.04. The van der Waals surface area contributed by atoms with Gasteiger partial charge in [-0.05, 0) is 11.5 Å². The van der Waals surface area contributed by atoms with Gasteiger partial charge in [-0.25, -0.2) is 0 Å². The lowest BCUT2D eigenvalue weighted by Gasteiger charge is -2.21. The maximum atomic E-state index is 12.4. The van der Waals surface area contributed by atoms with Crippen molar-refractivity contribution >= 4 is 10.8 Å². The molecule has 0 bridgehead atoms. The van der Waals surface area contributed by atoms with Gasteiger partial charge in [0.05, 0.1) is 0 Å². The third-order valence-corrected chi connectivity index (χ3v) is 3.41. The summed E-state index contributed by atoms with van der Waals surface area (Å²) >= 11 is 0. The lowest BCUT2D eigenvalue weighted by atomic mass is 10.1. The molecule has 2 aromatic carbocycles. The Morgan fingerprint density at radius 1 is 1.04 bits per heavy atom. The maximum absolute atomic E-state index is 12.4. The van der Waals surface area contributed by atoms with E-state index in [0.29, 0.717) is 12.3 Å². The van der Waals surface area contributed by atoms with Crippen LogP contribution < -0.4 is 10.1 Å². The molecule has 2 aromatic rings. The summed E-state index contributed by atoms with van der Waals surface area (Å²) in [5.74, 6) is 0.637. The Morgan fingerprint density at radius 2 is 1.75 bits per heavy atom. The predicted molar refractivity (Wildman–Crippen MR) is 88.4 cm³/mol. The van der Waals surface area contributed by atoms with Crippen LogP contribution in [0.25, 0.3) is 10.8 Å². The van der Waals surface area contributed by atoms with Gasteiger partial charge in [0, 0.05) is 18.0 Å². The molecule has 0 aromatic heterocycles. The third-order valence-electron chi connectivity index (χ3n) is 3.41. The lowest BCUT2D eigenvalue weighted by Crippen LogP contribution is -2.39. The first kappa shape index (κ1) is 18.5. The normalized spacial score (nSPS) is 13.4. The van der Waals surface area contributed by atoms with Crippen LogP contribution in [0.5, 0.6) is 5.75 Å². The highest BCUT2D eigenvalue weighted by molar-refractivity contribution is 5.88. The average molecular weight is 341 g/mol. The van der Waals surface area contributed by atoms with Gasteiger partial charge in [0.15, 0.2) is 0 Å². The zero-order chi connectivity index (χ0) is 17.6. The number of nitrogens with one attached hydrogen (secondary N) is 1. The molecule has 6 heteroatoms. The van der Waals surface area contributed by atoms with E-state index in [-0.39, 0.29) is 12.6 Å². The fourth-order valence-electron chi connectivity index (χ4n) is 2.25. The van der Waals surface area contributed by atoms with Crippen LogP contribution in [0, 0.1) is 0 Å². The summed E-state index contributed by atoms with van der Waals surface area (Å²) < 4.78 is 47.9. The first-order chi connectivity index (χ1) is 11.3. The Morgan fingerprint density at radius 3 is 2.46 bits per heavy atom. The fraction of sp³-hybridized carbons (Fsp3) is 0.444. The first-order valence-corrected chi connectivity index (χ1v) is 7.87. The van der Waals surface area contributed by atoms with Gasteiger partial charge >= 0.3 is 6.18 Å². The Hall–Kier alpha value is -1.79. The van der Waals surface area contributed by atoms with E-state index >= 15 is 0 Å². The van der Waals surface area contributed by atoms with Crippen molar-refractivity contribution in [2.24, 2.45) is 0 Å². The van der Waals surface area contributed by atoms with Crippen LogP contribution in [0.3, 0.4) is 0 Å². The van der Waals surface area contributed by atoms with E-state index in [9.17, 15) is 13.2 Å². The molecule has 0 aliphatic carbocycles. The Kier molecular flexibility index (Phi) is 6.45. The van der Waals surface area contributed by atoms with Crippen LogP contribution in [0.15, 0.2) is 42.5 Å². The lowest BCUT2D eigenvalue weighted by molar-refractivity contribution is -0.187. The zero-order valence-electron chi connectivity index (χ0n) is 13.8. The molecule has 0 spiro atoms. The van der Waals surface area contributed by atoms with E-state index in [4.69, 9.17) is 9.47 Å². The van der Waals surface area contributed by atoms with Gasteiger partial charge < -0.3 is 14.8 Å². The molecule has 3 nitrogen and oxygen atoms in total. The van der Waals surface area contributed by atoms with Gasteiger partial charge in [-0.3, -0.25) is 0 Å². The smallest absolute Gasteiger partial charge is 0.411 e. The number of rotatable bonds is 8. The third kappa shape index (κ3) is 6.02. The molecule has 0 radical (unpaired) electrons. The average Bonchev–Trinajstić information content (AvgIpc) is 2.53. The molecular weight excluding hydrogens is 319 g/mol. The van der Waals surface area contributed by atoms with Crippen molar-refractivity contribution in [1.29, 1.82) is 0 Å². The van der Waals surface area contributed by atoms with Crippen LogP contribution in [0.4, 0.5) is 13.2 Å². The van der Waals surface area contributed by atoms with E-state index in [1.54, 1.807) is 6.07 Å². The summed E-state index contributed by atoms with van der Waals surface area (Å²) in [5, 5.41) is 5.02. The van der Waals surface area contributed by atoms with E-state index in [0.717, 1.165) is 10.8 Å². The quantitative estimate of drug-likeness (QED) is 0.782. The highest BCUT2D eigenvalue weighted by atomic mass is 19.4. The second-order valence-corrected chi connectivity index (χ2v) is 5.90. The number of fused-ring (bicyclic) bond motifs is 1. The van der Waals surface area contributed by atoms with Crippen molar-refractivity contribution < 1.29 is 22.6 Å². The molecule has 2 rings (SSSR count). The molecule has 132 valence electrons. The van der Waals surface area contributed by atoms with E-state index in [1.165, 1.54) is 0 Å². The van der Waals surface area contributed by atoms with Gasteiger partial charge in [0.25, 0.3) is 0 Å². The minimum absolute atomic E-state index is 0.0454. The van der Waals surface area contributed by atoms with Crippen LogP contribution in [-0.4, -0.2) is 38.1 Å². The van der Waals surface area contributed by atoms with Crippen LogP contribution in [0.2, 0.25) is 0 Å². The molecule has 0 saturated carbocycles. The first-order valence-electron chi connectivity index (χ1n) is 7.87. The number of hydrogen-bond donors (Lipinski definition) is 1. The second-order valence-electron chi connectivity index (χ2n) is 5.90. The van der Waals surface area contributed by atoms with Crippen molar-refractivity contribution in [3.63, 3.8) is 0 Å². The predicted octanol–water partition coefficient (Wildman–Crippen LogP) is 4.16. The molecule has 0 fully saturated rings.